The van der Waals surface area contributed by atoms with Crippen LogP contribution in [0.15, 0.2) is 59.6 Å². The highest BCUT2D eigenvalue weighted by Crippen LogP contribution is 2.36. The zero-order chi connectivity index (χ0) is 24.1. The SMILES string of the molecule is CNc1cc(CCl)cc(COc2cc(/N=C\C3Cc4ccccc4N3C=O)c(C)cc2OC)c1. The first-order chi connectivity index (χ1) is 16.6. The van der Waals surface area contributed by atoms with Gasteiger partial charge in [-0.2, -0.15) is 0 Å². The first kappa shape index (κ1) is 23.6. The number of ether oxygens (including phenoxy) is 2. The minimum atomic E-state index is -0.126. The molecule has 0 aliphatic carbocycles. The van der Waals surface area contributed by atoms with Gasteiger partial charge in [0.05, 0.1) is 18.8 Å². The zero-order valence-electron chi connectivity index (χ0n) is 19.5. The number of carbonyl (C=O) groups is 1. The van der Waals surface area contributed by atoms with Crippen LogP contribution in [0.5, 0.6) is 11.5 Å². The van der Waals surface area contributed by atoms with Crippen LogP contribution < -0.4 is 19.7 Å². The standard InChI is InChI=1S/C27H28ClN3O3/c1-18-8-26(33-3)27(34-16-20-9-19(14-28)10-22(11-20)29-2)13-24(18)30-15-23-12-21-6-4-5-7-25(21)31(23)17-32/h4-11,13,15,17,23,29H,12,14,16H2,1-3H3/b30-15-. The van der Waals surface area contributed by atoms with Crippen LogP contribution in [0.4, 0.5) is 17.1 Å². The van der Waals surface area contributed by atoms with E-state index in [1.807, 2.05) is 74.8 Å². The Hall–Kier alpha value is -3.51. The molecule has 1 unspecified atom stereocenters. The third-order valence-corrected chi connectivity index (χ3v) is 6.24. The van der Waals surface area contributed by atoms with E-state index in [2.05, 4.69) is 5.32 Å². The molecule has 0 radical (unpaired) electrons. The molecule has 0 spiro atoms. The van der Waals surface area contributed by atoms with Crippen molar-refractivity contribution < 1.29 is 14.3 Å². The number of hydrogen-bond acceptors (Lipinski definition) is 5. The van der Waals surface area contributed by atoms with Crippen molar-refractivity contribution in [1.82, 2.24) is 0 Å². The van der Waals surface area contributed by atoms with Crippen molar-refractivity contribution in [2.75, 3.05) is 24.4 Å². The molecule has 1 heterocycles. The molecule has 0 bridgehead atoms. The van der Waals surface area contributed by atoms with E-state index in [4.69, 9.17) is 26.1 Å². The lowest BCUT2D eigenvalue weighted by Gasteiger charge is -2.17. The number of rotatable bonds is 9. The minimum absolute atomic E-state index is 0.126. The molecule has 1 aliphatic rings. The maximum absolute atomic E-state index is 11.7. The fourth-order valence-electron chi connectivity index (χ4n) is 4.15. The molecule has 1 N–H and O–H groups in total. The molecule has 1 aliphatic heterocycles. The number of nitrogens with one attached hydrogen (secondary N) is 1. The smallest absolute Gasteiger partial charge is 0.214 e. The number of nitrogens with zero attached hydrogens (tertiary/aromatic N) is 2. The largest absolute Gasteiger partial charge is 0.493 e. The van der Waals surface area contributed by atoms with Crippen LogP contribution in [-0.2, 0) is 23.7 Å². The van der Waals surface area contributed by atoms with Crippen molar-refractivity contribution in [3.05, 3.63) is 76.9 Å². The van der Waals surface area contributed by atoms with E-state index in [1.54, 1.807) is 12.0 Å². The summed E-state index contributed by atoms with van der Waals surface area (Å²) in [5.41, 5.74) is 6.80. The Kier molecular flexibility index (Phi) is 7.38. The normalized spacial score (nSPS) is 14.8. The summed E-state index contributed by atoms with van der Waals surface area (Å²) in [6.45, 7) is 2.34. The number of benzene rings is 3. The van der Waals surface area contributed by atoms with Gasteiger partial charge in [-0.15, -0.1) is 11.6 Å². The van der Waals surface area contributed by atoms with E-state index in [0.29, 0.717) is 24.0 Å². The number of fused-ring (bicyclic) bond motifs is 1. The number of halogens is 1. The molecule has 1 amide bonds. The average molecular weight is 478 g/mol. The monoisotopic (exact) mass is 477 g/mol. The molecule has 3 aromatic carbocycles. The second-order valence-corrected chi connectivity index (χ2v) is 8.46. The summed E-state index contributed by atoms with van der Waals surface area (Å²) in [7, 11) is 3.50. The van der Waals surface area contributed by atoms with Gasteiger partial charge >= 0.3 is 0 Å². The van der Waals surface area contributed by atoms with Gasteiger partial charge in [-0.25, -0.2) is 0 Å². The Balaban J connectivity index is 1.56. The predicted molar refractivity (Wildman–Crippen MR) is 138 cm³/mol. The van der Waals surface area contributed by atoms with Gasteiger partial charge in [-0.05, 0) is 53.4 Å². The van der Waals surface area contributed by atoms with Gasteiger partial charge in [-0.3, -0.25) is 9.79 Å². The van der Waals surface area contributed by atoms with E-state index >= 15 is 0 Å². The molecule has 34 heavy (non-hydrogen) atoms. The molecule has 0 fully saturated rings. The lowest BCUT2D eigenvalue weighted by atomic mass is 10.1. The number of para-hydroxylation sites is 1. The highest BCUT2D eigenvalue weighted by Gasteiger charge is 2.27. The number of alkyl halides is 1. The summed E-state index contributed by atoms with van der Waals surface area (Å²) in [4.78, 5) is 18.2. The van der Waals surface area contributed by atoms with Gasteiger partial charge in [0.15, 0.2) is 11.5 Å². The molecule has 7 heteroatoms. The average Bonchev–Trinajstić information content (AvgIpc) is 3.24. The van der Waals surface area contributed by atoms with Gasteiger partial charge in [0.1, 0.15) is 6.61 Å². The highest BCUT2D eigenvalue weighted by molar-refractivity contribution is 6.17. The second-order valence-electron chi connectivity index (χ2n) is 8.19. The van der Waals surface area contributed by atoms with Gasteiger partial charge < -0.3 is 19.7 Å². The molecule has 6 nitrogen and oxygen atoms in total. The Morgan fingerprint density at radius 2 is 1.94 bits per heavy atom. The summed E-state index contributed by atoms with van der Waals surface area (Å²) in [6.07, 6.45) is 3.43. The number of anilines is 2. The zero-order valence-corrected chi connectivity index (χ0v) is 20.3. The number of carbonyl (C=O) groups excluding carboxylic acids is 1. The van der Waals surface area contributed by atoms with E-state index in [9.17, 15) is 4.79 Å². The molecule has 0 saturated carbocycles. The van der Waals surface area contributed by atoms with E-state index in [-0.39, 0.29) is 6.04 Å². The van der Waals surface area contributed by atoms with Gasteiger partial charge in [-0.1, -0.05) is 24.3 Å². The number of methoxy groups -OCH3 is 1. The van der Waals surface area contributed by atoms with E-state index < -0.39 is 0 Å². The number of amides is 1. The van der Waals surface area contributed by atoms with E-state index in [0.717, 1.165) is 52.1 Å². The Labute approximate surface area is 205 Å². The lowest BCUT2D eigenvalue weighted by Crippen LogP contribution is -2.31. The molecule has 3 aromatic rings. The van der Waals surface area contributed by atoms with Crippen LogP contribution in [0.1, 0.15) is 22.3 Å². The third-order valence-electron chi connectivity index (χ3n) is 5.93. The maximum atomic E-state index is 11.7. The van der Waals surface area contributed by atoms with Gasteiger partial charge in [0, 0.05) is 43.0 Å². The maximum Gasteiger partial charge on any atom is 0.214 e. The Morgan fingerprint density at radius 1 is 1.15 bits per heavy atom. The quantitative estimate of drug-likeness (QED) is 0.245. The molecule has 176 valence electrons. The lowest BCUT2D eigenvalue weighted by molar-refractivity contribution is -0.107. The third kappa shape index (κ3) is 5.02. The molecule has 1 atom stereocenters. The van der Waals surface area contributed by atoms with Crippen LogP contribution >= 0.6 is 11.6 Å². The van der Waals surface area contributed by atoms with Crippen LogP contribution in [0.25, 0.3) is 0 Å². The summed E-state index contributed by atoms with van der Waals surface area (Å²) >= 11 is 6.04. The summed E-state index contributed by atoms with van der Waals surface area (Å²) in [5, 5.41) is 3.15. The predicted octanol–water partition coefficient (Wildman–Crippen LogP) is 5.65. The van der Waals surface area contributed by atoms with Crippen molar-refractivity contribution in [3.63, 3.8) is 0 Å². The fourth-order valence-corrected chi connectivity index (χ4v) is 4.31. The second kappa shape index (κ2) is 10.6. The van der Waals surface area contributed by atoms with Crippen LogP contribution in [0.3, 0.4) is 0 Å². The number of aliphatic imine (C=N–C) groups is 1. The molecular formula is C27H28ClN3O3. The first-order valence-electron chi connectivity index (χ1n) is 11.1. The highest BCUT2D eigenvalue weighted by atomic mass is 35.5. The fraction of sp³-hybridized carbons (Fsp3) is 0.259. The molecule has 0 saturated heterocycles. The van der Waals surface area contributed by atoms with Crippen molar-refractivity contribution in [3.8, 4) is 11.5 Å². The van der Waals surface area contributed by atoms with Gasteiger partial charge in [0.25, 0.3) is 0 Å². The van der Waals surface area contributed by atoms with Crippen LogP contribution in [0, 0.1) is 6.92 Å². The minimum Gasteiger partial charge on any atom is -0.493 e. The number of hydrogen-bond donors (Lipinski definition) is 1. The Bertz CT molecular complexity index is 1190. The van der Waals surface area contributed by atoms with Crippen molar-refractivity contribution in [2.24, 2.45) is 4.99 Å². The molecule has 0 aromatic heterocycles. The molecular weight excluding hydrogens is 450 g/mol. The summed E-state index contributed by atoms with van der Waals surface area (Å²) in [6, 6.07) is 17.7. The molecule has 4 rings (SSSR count). The van der Waals surface area contributed by atoms with Crippen molar-refractivity contribution in [1.29, 1.82) is 0 Å². The topological polar surface area (TPSA) is 63.2 Å². The Morgan fingerprint density at radius 3 is 2.68 bits per heavy atom. The first-order valence-corrected chi connectivity index (χ1v) is 11.6. The van der Waals surface area contributed by atoms with Crippen molar-refractivity contribution in [2.45, 2.75) is 31.9 Å². The van der Waals surface area contributed by atoms with E-state index in [1.165, 1.54) is 0 Å². The van der Waals surface area contributed by atoms with Crippen LogP contribution in [-0.4, -0.2) is 32.8 Å². The summed E-state index contributed by atoms with van der Waals surface area (Å²) < 4.78 is 11.7. The van der Waals surface area contributed by atoms with Crippen LogP contribution in [0.2, 0.25) is 0 Å². The van der Waals surface area contributed by atoms with Crippen molar-refractivity contribution >= 4 is 41.3 Å². The summed E-state index contributed by atoms with van der Waals surface area (Å²) in [5.74, 6) is 1.67. The van der Waals surface area contributed by atoms with Gasteiger partial charge in [0.2, 0.25) is 6.41 Å². The number of aryl methyl sites for hydroxylation is 1.